The summed E-state index contributed by atoms with van der Waals surface area (Å²) >= 11 is 0. The lowest BCUT2D eigenvalue weighted by Crippen LogP contribution is -2.18. The fourth-order valence-electron chi connectivity index (χ4n) is 2.12. The number of hydrogen-bond acceptors (Lipinski definition) is 2. The lowest BCUT2D eigenvalue weighted by Gasteiger charge is -2.16. The zero-order valence-corrected chi connectivity index (χ0v) is 9.58. The highest BCUT2D eigenvalue weighted by Crippen LogP contribution is 2.19. The minimum atomic E-state index is 1.18. The van der Waals surface area contributed by atoms with Gasteiger partial charge in [0.25, 0.3) is 0 Å². The summed E-state index contributed by atoms with van der Waals surface area (Å²) in [5.74, 6) is 1.18. The van der Waals surface area contributed by atoms with Gasteiger partial charge in [-0.05, 0) is 43.4 Å². The zero-order chi connectivity index (χ0) is 10.5. The van der Waals surface area contributed by atoms with Crippen LogP contribution in [-0.4, -0.2) is 18.1 Å². The van der Waals surface area contributed by atoms with Crippen LogP contribution in [-0.2, 0) is 6.42 Å². The van der Waals surface area contributed by atoms with Crippen molar-refractivity contribution in [2.45, 2.75) is 39.0 Å². The molecule has 0 N–H and O–H groups in total. The highest BCUT2D eigenvalue weighted by molar-refractivity contribution is 5.41. The minimum Gasteiger partial charge on any atom is -0.357 e. The Balaban J connectivity index is 2.04. The van der Waals surface area contributed by atoms with Gasteiger partial charge in [0.15, 0.2) is 0 Å². The van der Waals surface area contributed by atoms with E-state index in [0.29, 0.717) is 0 Å². The number of aromatic nitrogens is 1. The average molecular weight is 204 g/mol. The second-order valence-corrected chi connectivity index (χ2v) is 4.32. The van der Waals surface area contributed by atoms with Gasteiger partial charge in [-0.25, -0.2) is 4.98 Å². The summed E-state index contributed by atoms with van der Waals surface area (Å²) in [6, 6.07) is 4.41. The molecule has 0 bridgehead atoms. The summed E-state index contributed by atoms with van der Waals surface area (Å²) in [5.41, 5.74) is 1.44. The molecule has 1 aromatic heterocycles. The van der Waals surface area contributed by atoms with Crippen LogP contribution < -0.4 is 4.90 Å². The van der Waals surface area contributed by atoms with E-state index in [0.717, 1.165) is 0 Å². The van der Waals surface area contributed by atoms with Crippen LogP contribution in [0.15, 0.2) is 18.3 Å². The second kappa shape index (κ2) is 5.15. The molecule has 82 valence electrons. The highest BCUT2D eigenvalue weighted by atomic mass is 15.2. The number of rotatable bonds is 4. The molecule has 0 spiro atoms. The summed E-state index contributed by atoms with van der Waals surface area (Å²) in [7, 11) is 0. The molecule has 15 heavy (non-hydrogen) atoms. The van der Waals surface area contributed by atoms with Crippen molar-refractivity contribution in [3.05, 3.63) is 23.9 Å². The fraction of sp³-hybridized carbons (Fsp3) is 0.615. The molecule has 0 saturated carbocycles. The van der Waals surface area contributed by atoms with Gasteiger partial charge in [-0.3, -0.25) is 0 Å². The van der Waals surface area contributed by atoms with Crippen LogP contribution in [0.1, 0.15) is 38.2 Å². The summed E-state index contributed by atoms with van der Waals surface area (Å²) < 4.78 is 0. The molecular weight excluding hydrogens is 184 g/mol. The van der Waals surface area contributed by atoms with E-state index in [-0.39, 0.29) is 0 Å². The fourth-order valence-corrected chi connectivity index (χ4v) is 2.12. The van der Waals surface area contributed by atoms with E-state index in [1.165, 1.54) is 56.6 Å². The second-order valence-electron chi connectivity index (χ2n) is 4.32. The van der Waals surface area contributed by atoms with Crippen LogP contribution in [0.4, 0.5) is 5.82 Å². The van der Waals surface area contributed by atoms with Crippen molar-refractivity contribution in [1.82, 2.24) is 4.98 Å². The first kappa shape index (κ1) is 10.5. The SMILES string of the molecule is CCCCc1ccnc(N2CCCC2)c1. The number of aryl methyl sites for hydroxylation is 1. The molecule has 0 radical (unpaired) electrons. The molecule has 0 aliphatic carbocycles. The van der Waals surface area contributed by atoms with Crippen LogP contribution in [0.3, 0.4) is 0 Å². The van der Waals surface area contributed by atoms with Gasteiger partial charge in [0.05, 0.1) is 0 Å². The van der Waals surface area contributed by atoms with Crippen LogP contribution in [0.25, 0.3) is 0 Å². The van der Waals surface area contributed by atoms with Crippen molar-refractivity contribution in [3.63, 3.8) is 0 Å². The van der Waals surface area contributed by atoms with E-state index in [9.17, 15) is 0 Å². The number of hydrogen-bond donors (Lipinski definition) is 0. The maximum atomic E-state index is 4.46. The van der Waals surface area contributed by atoms with E-state index in [1.807, 2.05) is 6.20 Å². The van der Waals surface area contributed by atoms with E-state index >= 15 is 0 Å². The largest absolute Gasteiger partial charge is 0.357 e. The smallest absolute Gasteiger partial charge is 0.128 e. The monoisotopic (exact) mass is 204 g/mol. The molecule has 1 saturated heterocycles. The summed E-state index contributed by atoms with van der Waals surface area (Å²) in [6.45, 7) is 4.61. The quantitative estimate of drug-likeness (QED) is 0.749. The van der Waals surface area contributed by atoms with Gasteiger partial charge in [0, 0.05) is 19.3 Å². The Kier molecular flexibility index (Phi) is 3.59. The molecule has 0 aromatic carbocycles. The van der Waals surface area contributed by atoms with Gasteiger partial charge in [-0.2, -0.15) is 0 Å². The van der Waals surface area contributed by atoms with Crippen LogP contribution in [0, 0.1) is 0 Å². The van der Waals surface area contributed by atoms with E-state index in [4.69, 9.17) is 0 Å². The average Bonchev–Trinajstić information content (AvgIpc) is 2.80. The molecule has 2 heterocycles. The molecule has 1 aliphatic heterocycles. The molecule has 2 rings (SSSR count). The third-order valence-corrected chi connectivity index (χ3v) is 3.06. The van der Waals surface area contributed by atoms with Crippen molar-refractivity contribution >= 4 is 5.82 Å². The maximum Gasteiger partial charge on any atom is 0.128 e. The first-order valence-electron chi connectivity index (χ1n) is 6.10. The molecule has 1 aromatic rings. The van der Waals surface area contributed by atoms with Crippen LogP contribution in [0.5, 0.6) is 0 Å². The first-order chi connectivity index (χ1) is 7.40. The molecule has 0 atom stereocenters. The summed E-state index contributed by atoms with van der Waals surface area (Å²) in [5, 5.41) is 0. The third kappa shape index (κ3) is 2.71. The number of nitrogens with zero attached hydrogens (tertiary/aromatic N) is 2. The normalized spacial score (nSPS) is 15.9. The topological polar surface area (TPSA) is 16.1 Å². The van der Waals surface area contributed by atoms with Gasteiger partial charge >= 0.3 is 0 Å². The number of pyridine rings is 1. The Morgan fingerprint density at radius 3 is 2.87 bits per heavy atom. The molecular formula is C13H20N2. The van der Waals surface area contributed by atoms with E-state index < -0.39 is 0 Å². The Morgan fingerprint density at radius 1 is 1.33 bits per heavy atom. The third-order valence-electron chi connectivity index (χ3n) is 3.06. The minimum absolute atomic E-state index is 1.18. The van der Waals surface area contributed by atoms with Crippen LogP contribution in [0.2, 0.25) is 0 Å². The van der Waals surface area contributed by atoms with Crippen molar-refractivity contribution in [2.75, 3.05) is 18.0 Å². The van der Waals surface area contributed by atoms with Gasteiger partial charge in [0.2, 0.25) is 0 Å². The lowest BCUT2D eigenvalue weighted by atomic mass is 10.1. The van der Waals surface area contributed by atoms with Gasteiger partial charge < -0.3 is 4.90 Å². The Morgan fingerprint density at radius 2 is 2.13 bits per heavy atom. The van der Waals surface area contributed by atoms with E-state index in [1.54, 1.807) is 0 Å². The predicted octanol–water partition coefficient (Wildman–Crippen LogP) is 3.02. The van der Waals surface area contributed by atoms with Gasteiger partial charge in [-0.15, -0.1) is 0 Å². The van der Waals surface area contributed by atoms with Crippen molar-refractivity contribution in [1.29, 1.82) is 0 Å². The molecule has 2 heteroatoms. The highest BCUT2D eigenvalue weighted by Gasteiger charge is 2.13. The molecule has 0 amide bonds. The molecule has 0 unspecified atom stereocenters. The van der Waals surface area contributed by atoms with Crippen LogP contribution >= 0.6 is 0 Å². The predicted molar refractivity (Wildman–Crippen MR) is 64.3 cm³/mol. The summed E-state index contributed by atoms with van der Waals surface area (Å²) in [6.07, 6.45) is 8.34. The van der Waals surface area contributed by atoms with E-state index in [2.05, 4.69) is 28.9 Å². The maximum absolute atomic E-state index is 4.46. The Hall–Kier alpha value is -1.05. The zero-order valence-electron chi connectivity index (χ0n) is 9.58. The summed E-state index contributed by atoms with van der Waals surface area (Å²) in [4.78, 5) is 6.85. The van der Waals surface area contributed by atoms with Crippen molar-refractivity contribution in [2.24, 2.45) is 0 Å². The van der Waals surface area contributed by atoms with Gasteiger partial charge in [0.1, 0.15) is 5.82 Å². The Labute approximate surface area is 92.3 Å². The standard InChI is InChI=1S/C13H20N2/c1-2-3-6-12-7-8-14-13(11-12)15-9-4-5-10-15/h7-8,11H,2-6,9-10H2,1H3. The Bertz CT molecular complexity index is 303. The van der Waals surface area contributed by atoms with Gasteiger partial charge in [-0.1, -0.05) is 13.3 Å². The lowest BCUT2D eigenvalue weighted by molar-refractivity contribution is 0.792. The van der Waals surface area contributed by atoms with Crippen molar-refractivity contribution < 1.29 is 0 Å². The molecule has 1 fully saturated rings. The molecule has 1 aliphatic rings. The first-order valence-corrected chi connectivity index (χ1v) is 6.10. The molecule has 2 nitrogen and oxygen atoms in total. The number of unbranched alkanes of at least 4 members (excludes halogenated alkanes) is 1. The number of anilines is 1. The van der Waals surface area contributed by atoms with Crippen molar-refractivity contribution in [3.8, 4) is 0 Å².